The Morgan fingerprint density at radius 1 is 1.15 bits per heavy atom. The van der Waals surface area contributed by atoms with Crippen LogP contribution in [0.2, 0.25) is 0 Å². The molecule has 3 heterocycles. The average Bonchev–Trinajstić information content (AvgIpc) is 2.97. The molecular formula is C18H29N5O3. The first-order chi connectivity index (χ1) is 12.6. The molecule has 8 nitrogen and oxygen atoms in total. The van der Waals surface area contributed by atoms with E-state index in [4.69, 9.17) is 0 Å². The minimum Gasteiger partial charge on any atom is -0.341 e. The van der Waals surface area contributed by atoms with Crippen LogP contribution in [0.5, 0.6) is 0 Å². The maximum Gasteiger partial charge on any atom is 0.317 e. The number of fused-ring (bicyclic) bond motifs is 1. The molecule has 5 amide bonds. The van der Waals surface area contributed by atoms with E-state index in [2.05, 4.69) is 17.2 Å². The molecule has 3 fully saturated rings. The van der Waals surface area contributed by atoms with Crippen LogP contribution in [0.15, 0.2) is 12.7 Å². The van der Waals surface area contributed by atoms with Crippen molar-refractivity contribution in [2.75, 3.05) is 52.4 Å². The zero-order chi connectivity index (χ0) is 18.5. The molecule has 0 saturated carbocycles. The summed E-state index contributed by atoms with van der Waals surface area (Å²) in [6, 6.07) is -0.0852. The molecule has 26 heavy (non-hydrogen) atoms. The zero-order valence-electron chi connectivity index (χ0n) is 15.3. The fraction of sp³-hybridized carbons (Fsp3) is 0.722. The molecule has 2 atom stereocenters. The predicted molar refractivity (Wildman–Crippen MR) is 97.6 cm³/mol. The number of carbonyl (C=O) groups excluding carboxylic acids is 3. The first kappa shape index (κ1) is 18.5. The van der Waals surface area contributed by atoms with Gasteiger partial charge in [0.2, 0.25) is 5.91 Å². The maximum atomic E-state index is 12.6. The van der Waals surface area contributed by atoms with E-state index in [0.29, 0.717) is 70.6 Å². The standard InChI is InChI=1S/C18H29N5O3/c1-2-5-19-18(26)23-8-3-14-12-16(24)21(7-4-15(14)13-23)10-11-22-9-6-20-17(22)25/h2,14-15H,1,3-13H2,(H,19,26)(H,20,25). The highest BCUT2D eigenvalue weighted by Crippen LogP contribution is 2.32. The number of nitrogens with one attached hydrogen (secondary N) is 2. The predicted octanol–water partition coefficient (Wildman–Crippen LogP) is 0.468. The Labute approximate surface area is 154 Å². The summed E-state index contributed by atoms with van der Waals surface area (Å²) >= 11 is 0. The third-order valence-corrected chi connectivity index (χ3v) is 5.72. The lowest BCUT2D eigenvalue weighted by Crippen LogP contribution is -2.48. The van der Waals surface area contributed by atoms with Gasteiger partial charge in [0.15, 0.2) is 0 Å². The van der Waals surface area contributed by atoms with Gasteiger partial charge >= 0.3 is 12.1 Å². The molecule has 144 valence electrons. The van der Waals surface area contributed by atoms with E-state index in [1.54, 1.807) is 11.0 Å². The van der Waals surface area contributed by atoms with Gasteiger partial charge < -0.3 is 25.3 Å². The number of urea groups is 2. The quantitative estimate of drug-likeness (QED) is 0.696. The monoisotopic (exact) mass is 363 g/mol. The highest BCUT2D eigenvalue weighted by molar-refractivity contribution is 5.78. The molecule has 0 bridgehead atoms. The summed E-state index contributed by atoms with van der Waals surface area (Å²) in [6.45, 7) is 8.78. The van der Waals surface area contributed by atoms with Gasteiger partial charge in [-0.1, -0.05) is 6.08 Å². The summed E-state index contributed by atoms with van der Waals surface area (Å²) in [5, 5.41) is 5.62. The Morgan fingerprint density at radius 2 is 1.92 bits per heavy atom. The van der Waals surface area contributed by atoms with Crippen molar-refractivity contribution in [2.24, 2.45) is 11.8 Å². The number of rotatable bonds is 5. The van der Waals surface area contributed by atoms with Gasteiger partial charge in [0.05, 0.1) is 0 Å². The lowest BCUT2D eigenvalue weighted by molar-refractivity contribution is -0.131. The first-order valence-corrected chi connectivity index (χ1v) is 9.52. The number of hydrogen-bond acceptors (Lipinski definition) is 3. The molecule has 3 aliphatic rings. The Kier molecular flexibility index (Phi) is 6.00. The van der Waals surface area contributed by atoms with Crippen LogP contribution in [0.1, 0.15) is 19.3 Å². The molecular weight excluding hydrogens is 334 g/mol. The second-order valence-corrected chi connectivity index (χ2v) is 7.32. The number of piperidine rings is 1. The van der Waals surface area contributed by atoms with E-state index in [9.17, 15) is 14.4 Å². The Hall–Kier alpha value is -2.25. The summed E-state index contributed by atoms with van der Waals surface area (Å²) in [5.74, 6) is 0.898. The third kappa shape index (κ3) is 4.28. The summed E-state index contributed by atoms with van der Waals surface area (Å²) in [5.41, 5.74) is 0. The van der Waals surface area contributed by atoms with Gasteiger partial charge in [-0.15, -0.1) is 6.58 Å². The molecule has 2 unspecified atom stereocenters. The molecule has 3 rings (SSSR count). The molecule has 3 aliphatic heterocycles. The largest absolute Gasteiger partial charge is 0.341 e. The van der Waals surface area contributed by atoms with E-state index in [1.807, 2.05) is 9.80 Å². The molecule has 0 aliphatic carbocycles. The second kappa shape index (κ2) is 8.42. The molecule has 0 aromatic heterocycles. The third-order valence-electron chi connectivity index (χ3n) is 5.72. The van der Waals surface area contributed by atoms with Gasteiger partial charge in [-0.3, -0.25) is 4.79 Å². The molecule has 3 saturated heterocycles. The van der Waals surface area contributed by atoms with Crippen LogP contribution >= 0.6 is 0 Å². The Bertz CT molecular complexity index is 567. The van der Waals surface area contributed by atoms with Gasteiger partial charge in [0.1, 0.15) is 0 Å². The molecule has 0 aromatic rings. The van der Waals surface area contributed by atoms with E-state index >= 15 is 0 Å². The van der Waals surface area contributed by atoms with Gasteiger partial charge in [0, 0.05) is 58.8 Å². The number of likely N-dealkylation sites (tertiary alicyclic amines) is 2. The van der Waals surface area contributed by atoms with Crippen LogP contribution in [0.3, 0.4) is 0 Å². The second-order valence-electron chi connectivity index (χ2n) is 7.32. The number of hydrogen-bond donors (Lipinski definition) is 2. The minimum atomic E-state index is -0.0455. The van der Waals surface area contributed by atoms with Crippen LogP contribution < -0.4 is 10.6 Å². The molecule has 0 radical (unpaired) electrons. The van der Waals surface area contributed by atoms with E-state index in [1.165, 1.54) is 0 Å². The lowest BCUT2D eigenvalue weighted by atomic mass is 9.82. The van der Waals surface area contributed by atoms with Crippen molar-refractivity contribution in [3.8, 4) is 0 Å². The van der Waals surface area contributed by atoms with Gasteiger partial charge in [-0.25, -0.2) is 9.59 Å². The lowest BCUT2D eigenvalue weighted by Gasteiger charge is -2.37. The summed E-state index contributed by atoms with van der Waals surface area (Å²) in [4.78, 5) is 41.9. The van der Waals surface area contributed by atoms with Crippen molar-refractivity contribution in [2.45, 2.75) is 19.3 Å². The topological polar surface area (TPSA) is 85.0 Å². The zero-order valence-corrected chi connectivity index (χ0v) is 15.3. The Morgan fingerprint density at radius 3 is 2.65 bits per heavy atom. The highest BCUT2D eigenvalue weighted by Gasteiger charge is 2.36. The van der Waals surface area contributed by atoms with Crippen molar-refractivity contribution in [3.63, 3.8) is 0 Å². The summed E-state index contributed by atoms with van der Waals surface area (Å²) in [6.07, 6.45) is 4.01. The Balaban J connectivity index is 1.52. The average molecular weight is 363 g/mol. The van der Waals surface area contributed by atoms with Gasteiger partial charge in [-0.2, -0.15) is 0 Å². The molecule has 8 heteroatoms. The SMILES string of the molecule is C=CCNC(=O)N1CCC2CC(=O)N(CCN3CCNC3=O)CCC2C1. The molecule has 0 aromatic carbocycles. The van der Waals surface area contributed by atoms with E-state index in [-0.39, 0.29) is 18.0 Å². The first-order valence-electron chi connectivity index (χ1n) is 9.52. The molecule has 0 spiro atoms. The number of amides is 5. The van der Waals surface area contributed by atoms with Crippen molar-refractivity contribution in [3.05, 3.63) is 12.7 Å². The van der Waals surface area contributed by atoms with Crippen LogP contribution in [0.4, 0.5) is 9.59 Å². The van der Waals surface area contributed by atoms with Crippen molar-refractivity contribution >= 4 is 18.0 Å². The summed E-state index contributed by atoms with van der Waals surface area (Å²) in [7, 11) is 0. The fourth-order valence-electron chi connectivity index (χ4n) is 4.13. The van der Waals surface area contributed by atoms with E-state index < -0.39 is 0 Å². The van der Waals surface area contributed by atoms with E-state index in [0.717, 1.165) is 12.8 Å². The van der Waals surface area contributed by atoms with Gasteiger partial charge in [-0.05, 0) is 24.7 Å². The number of nitrogens with zero attached hydrogens (tertiary/aromatic N) is 3. The van der Waals surface area contributed by atoms with Crippen LogP contribution in [0.25, 0.3) is 0 Å². The summed E-state index contributed by atoms with van der Waals surface area (Å²) < 4.78 is 0. The smallest absolute Gasteiger partial charge is 0.317 e. The molecule has 2 N–H and O–H groups in total. The fourth-order valence-corrected chi connectivity index (χ4v) is 4.13. The van der Waals surface area contributed by atoms with Crippen LogP contribution in [0, 0.1) is 11.8 Å². The van der Waals surface area contributed by atoms with Crippen molar-refractivity contribution in [1.29, 1.82) is 0 Å². The van der Waals surface area contributed by atoms with Crippen LogP contribution in [-0.4, -0.2) is 85.0 Å². The van der Waals surface area contributed by atoms with Crippen LogP contribution in [-0.2, 0) is 4.79 Å². The maximum absolute atomic E-state index is 12.6. The highest BCUT2D eigenvalue weighted by atomic mass is 16.2. The van der Waals surface area contributed by atoms with Crippen molar-refractivity contribution < 1.29 is 14.4 Å². The normalized spacial score (nSPS) is 26.2. The van der Waals surface area contributed by atoms with Gasteiger partial charge in [0.25, 0.3) is 0 Å². The minimum absolute atomic E-state index is 0.0397. The van der Waals surface area contributed by atoms with Crippen molar-refractivity contribution in [1.82, 2.24) is 25.3 Å². The number of carbonyl (C=O) groups is 3.